The zero-order valence-electron chi connectivity index (χ0n) is 7.98. The Morgan fingerprint density at radius 3 is 2.36 bits per heavy atom. The van der Waals surface area contributed by atoms with E-state index in [1.54, 1.807) is 0 Å². The monoisotopic (exact) mass is 151 g/mol. The van der Waals surface area contributed by atoms with E-state index in [1.807, 2.05) is 0 Å². The average molecular weight is 151 g/mol. The summed E-state index contributed by atoms with van der Waals surface area (Å²) in [6.45, 7) is 10.4. The van der Waals surface area contributed by atoms with Gasteiger partial charge in [-0.1, -0.05) is 27.7 Å². The van der Waals surface area contributed by atoms with Gasteiger partial charge < -0.3 is 0 Å². The van der Waals surface area contributed by atoms with Crippen molar-refractivity contribution >= 4 is 0 Å². The Labute approximate surface area is 71.4 Å². The first kappa shape index (κ1) is 10.6. The van der Waals surface area contributed by atoms with E-state index in [0.717, 1.165) is 12.8 Å². The molecule has 0 N–H and O–H groups in total. The lowest BCUT2D eigenvalue weighted by atomic mass is 9.96. The molecular formula is C11H19. The highest BCUT2D eigenvalue weighted by Crippen LogP contribution is 2.12. The van der Waals surface area contributed by atoms with Gasteiger partial charge in [0.15, 0.2) is 0 Å². The lowest BCUT2D eigenvalue weighted by molar-refractivity contribution is 0.474. The molecule has 2 unspecified atom stereocenters. The molecule has 11 heavy (non-hydrogen) atoms. The minimum Gasteiger partial charge on any atom is -0.104 e. The zero-order chi connectivity index (χ0) is 8.69. The topological polar surface area (TPSA) is 0 Å². The van der Waals surface area contributed by atoms with Gasteiger partial charge in [0.1, 0.15) is 0 Å². The number of rotatable bonds is 3. The van der Waals surface area contributed by atoms with Gasteiger partial charge in [0.2, 0.25) is 0 Å². The second-order valence-corrected chi connectivity index (χ2v) is 3.36. The second kappa shape index (κ2) is 6.28. The van der Waals surface area contributed by atoms with E-state index in [2.05, 4.69) is 39.5 Å². The Kier molecular flexibility index (Phi) is 6.03. The molecule has 0 heteroatoms. The summed E-state index contributed by atoms with van der Waals surface area (Å²) < 4.78 is 0. The van der Waals surface area contributed by atoms with Crippen LogP contribution in [0.4, 0.5) is 0 Å². The van der Waals surface area contributed by atoms with E-state index < -0.39 is 0 Å². The van der Waals surface area contributed by atoms with Crippen LogP contribution in [-0.2, 0) is 0 Å². The smallest absolute Gasteiger partial charge is 0.0114 e. The fourth-order valence-electron chi connectivity index (χ4n) is 1.14. The van der Waals surface area contributed by atoms with Crippen LogP contribution in [-0.4, -0.2) is 0 Å². The summed E-state index contributed by atoms with van der Waals surface area (Å²) in [7, 11) is 0. The predicted molar refractivity (Wildman–Crippen MR) is 51.0 cm³/mol. The van der Waals surface area contributed by atoms with Crippen LogP contribution < -0.4 is 0 Å². The van der Waals surface area contributed by atoms with E-state index in [-0.39, 0.29) is 0 Å². The molecule has 0 aliphatic carbocycles. The molecule has 0 amide bonds. The van der Waals surface area contributed by atoms with Crippen LogP contribution in [0.15, 0.2) is 0 Å². The molecule has 2 atom stereocenters. The minimum atomic E-state index is 0.563. The minimum absolute atomic E-state index is 0.563. The first-order valence-corrected chi connectivity index (χ1v) is 4.45. The van der Waals surface area contributed by atoms with Crippen LogP contribution in [0, 0.1) is 30.6 Å². The Morgan fingerprint density at radius 1 is 1.27 bits per heavy atom. The molecule has 0 aliphatic rings. The molecule has 0 aromatic heterocycles. The molecule has 0 spiro atoms. The second-order valence-electron chi connectivity index (χ2n) is 3.36. The largest absolute Gasteiger partial charge is 0.104 e. The Hall–Kier alpha value is -0.440. The number of hydrogen-bond acceptors (Lipinski definition) is 0. The molecule has 0 bridgehead atoms. The molecule has 0 aromatic carbocycles. The molecule has 0 aliphatic heterocycles. The third-order valence-corrected chi connectivity index (χ3v) is 1.56. The van der Waals surface area contributed by atoms with Crippen molar-refractivity contribution in [1.29, 1.82) is 0 Å². The summed E-state index contributed by atoms with van der Waals surface area (Å²) in [6, 6.07) is 0. The molecule has 0 nitrogen and oxygen atoms in total. The summed E-state index contributed by atoms with van der Waals surface area (Å²) in [4.78, 5) is 0. The average Bonchev–Trinajstić information content (AvgIpc) is 1.86. The van der Waals surface area contributed by atoms with Gasteiger partial charge in [0, 0.05) is 12.8 Å². The Bertz CT molecular complexity index is 134. The van der Waals surface area contributed by atoms with Crippen molar-refractivity contribution in [3.8, 4) is 11.8 Å². The summed E-state index contributed by atoms with van der Waals surface area (Å²) in [5.41, 5.74) is 0. The van der Waals surface area contributed by atoms with Crippen molar-refractivity contribution in [3.63, 3.8) is 0 Å². The molecular weight excluding hydrogens is 132 g/mol. The van der Waals surface area contributed by atoms with Gasteiger partial charge in [-0.25, -0.2) is 0 Å². The predicted octanol–water partition coefficient (Wildman–Crippen LogP) is 3.29. The first-order chi connectivity index (χ1) is 5.16. The third-order valence-electron chi connectivity index (χ3n) is 1.56. The molecule has 0 aromatic rings. The highest BCUT2D eigenvalue weighted by molar-refractivity contribution is 4.98. The maximum atomic E-state index is 3.96. The molecule has 0 heterocycles. The van der Waals surface area contributed by atoms with Crippen molar-refractivity contribution in [2.45, 2.75) is 40.0 Å². The van der Waals surface area contributed by atoms with Gasteiger partial charge in [0.25, 0.3) is 0 Å². The van der Waals surface area contributed by atoms with Crippen molar-refractivity contribution < 1.29 is 0 Å². The van der Waals surface area contributed by atoms with Crippen molar-refractivity contribution in [2.24, 2.45) is 11.8 Å². The first-order valence-electron chi connectivity index (χ1n) is 4.45. The van der Waals surface area contributed by atoms with Gasteiger partial charge in [-0.2, -0.15) is 0 Å². The SMILES string of the molecule is [CH2]C(C)CC(C)CC#CCC. The molecule has 0 saturated carbocycles. The molecule has 0 fully saturated rings. The Morgan fingerprint density at radius 2 is 1.91 bits per heavy atom. The van der Waals surface area contributed by atoms with Gasteiger partial charge in [-0.05, 0) is 18.3 Å². The van der Waals surface area contributed by atoms with Crippen LogP contribution in [0.5, 0.6) is 0 Å². The fraction of sp³-hybridized carbons (Fsp3) is 0.727. The van der Waals surface area contributed by atoms with Crippen LogP contribution >= 0.6 is 0 Å². The van der Waals surface area contributed by atoms with Crippen LogP contribution in [0.1, 0.15) is 40.0 Å². The van der Waals surface area contributed by atoms with E-state index in [4.69, 9.17) is 0 Å². The summed E-state index contributed by atoms with van der Waals surface area (Å²) in [5, 5.41) is 0. The van der Waals surface area contributed by atoms with E-state index >= 15 is 0 Å². The van der Waals surface area contributed by atoms with Crippen molar-refractivity contribution in [3.05, 3.63) is 6.92 Å². The maximum absolute atomic E-state index is 3.96. The highest BCUT2D eigenvalue weighted by atomic mass is 14.1. The summed E-state index contributed by atoms with van der Waals surface area (Å²) in [5.74, 6) is 7.52. The van der Waals surface area contributed by atoms with E-state index in [9.17, 15) is 0 Å². The molecule has 63 valence electrons. The highest BCUT2D eigenvalue weighted by Gasteiger charge is 2.01. The van der Waals surface area contributed by atoms with Crippen LogP contribution in [0.2, 0.25) is 0 Å². The van der Waals surface area contributed by atoms with Crippen molar-refractivity contribution in [1.82, 2.24) is 0 Å². The Balaban J connectivity index is 3.44. The summed E-state index contributed by atoms with van der Waals surface area (Å²) >= 11 is 0. The molecule has 0 rings (SSSR count). The maximum Gasteiger partial charge on any atom is 0.0114 e. The van der Waals surface area contributed by atoms with Crippen LogP contribution in [0.3, 0.4) is 0 Å². The molecule has 0 saturated heterocycles. The van der Waals surface area contributed by atoms with Gasteiger partial charge in [0.05, 0.1) is 0 Å². The van der Waals surface area contributed by atoms with E-state index in [1.165, 1.54) is 6.42 Å². The lowest BCUT2D eigenvalue weighted by Crippen LogP contribution is -1.98. The summed E-state index contributed by atoms with van der Waals surface area (Å²) in [6.07, 6.45) is 3.21. The van der Waals surface area contributed by atoms with Gasteiger partial charge >= 0.3 is 0 Å². The fourth-order valence-corrected chi connectivity index (χ4v) is 1.14. The van der Waals surface area contributed by atoms with Crippen LogP contribution in [0.25, 0.3) is 0 Å². The number of hydrogen-bond donors (Lipinski definition) is 0. The quantitative estimate of drug-likeness (QED) is 0.543. The normalized spacial score (nSPS) is 12.5. The lowest BCUT2D eigenvalue weighted by Gasteiger charge is -2.09. The van der Waals surface area contributed by atoms with Gasteiger partial charge in [-0.15, -0.1) is 11.8 Å². The third kappa shape index (κ3) is 7.46. The molecule has 1 radical (unpaired) electrons. The van der Waals surface area contributed by atoms with E-state index in [0.29, 0.717) is 11.8 Å². The zero-order valence-corrected chi connectivity index (χ0v) is 7.98. The standard InChI is InChI=1S/C11H19/c1-5-6-7-8-11(4)9-10(2)3/h10-11H,2,5,8-9H2,1,3-4H3. The van der Waals surface area contributed by atoms with Crippen molar-refractivity contribution in [2.75, 3.05) is 0 Å². The van der Waals surface area contributed by atoms with Gasteiger partial charge in [-0.3, -0.25) is 0 Å².